The van der Waals surface area contributed by atoms with Gasteiger partial charge in [0, 0.05) is 5.02 Å². The largest absolute Gasteiger partial charge is 0.493 e. The molecule has 3 aromatic rings. The molecule has 3 rings (SSSR count). The number of rotatable bonds is 6. The maximum absolute atomic E-state index is 13.0. The summed E-state index contributed by atoms with van der Waals surface area (Å²) in [5, 5.41) is 21.8. The molecule has 0 unspecified atom stereocenters. The topological polar surface area (TPSA) is 131 Å². The minimum absolute atomic E-state index is 0.161. The van der Waals surface area contributed by atoms with Crippen molar-refractivity contribution in [1.29, 1.82) is 0 Å². The Morgan fingerprint density at radius 1 is 1.00 bits per heavy atom. The van der Waals surface area contributed by atoms with E-state index in [0.29, 0.717) is 10.6 Å². The molecule has 9 nitrogen and oxygen atoms in total. The van der Waals surface area contributed by atoms with Gasteiger partial charge in [0.1, 0.15) is 6.54 Å². The molecule has 154 valence electrons. The summed E-state index contributed by atoms with van der Waals surface area (Å²) in [7, 11) is 0. The third kappa shape index (κ3) is 4.26. The number of aromatic hydroxyl groups is 1. The van der Waals surface area contributed by atoms with Crippen molar-refractivity contribution in [3.8, 4) is 11.6 Å². The fourth-order valence-electron chi connectivity index (χ4n) is 2.81. The van der Waals surface area contributed by atoms with Gasteiger partial charge in [-0.15, -0.1) is 0 Å². The van der Waals surface area contributed by atoms with E-state index in [9.17, 15) is 24.3 Å². The molecule has 0 aliphatic heterocycles. The van der Waals surface area contributed by atoms with Crippen molar-refractivity contribution < 1.29 is 19.8 Å². The number of nitrogens with one attached hydrogen (secondary N) is 1. The van der Waals surface area contributed by atoms with Crippen LogP contribution < -0.4 is 16.6 Å². The molecule has 0 fully saturated rings. The number of halogens is 1. The Kier molecular flexibility index (Phi) is 6.03. The van der Waals surface area contributed by atoms with Crippen LogP contribution in [0.5, 0.6) is 5.88 Å². The minimum Gasteiger partial charge on any atom is -0.493 e. The highest BCUT2D eigenvalue weighted by molar-refractivity contribution is 6.30. The molecule has 0 aliphatic rings. The van der Waals surface area contributed by atoms with Crippen LogP contribution in [0.1, 0.15) is 15.9 Å². The highest BCUT2D eigenvalue weighted by Gasteiger charge is 2.25. The average Bonchev–Trinajstić information content (AvgIpc) is 2.72. The van der Waals surface area contributed by atoms with Gasteiger partial charge in [-0.1, -0.05) is 41.9 Å². The Bertz CT molecular complexity index is 1220. The normalized spacial score (nSPS) is 10.6. The van der Waals surface area contributed by atoms with Crippen molar-refractivity contribution in [2.45, 2.75) is 6.54 Å². The van der Waals surface area contributed by atoms with Crippen molar-refractivity contribution in [2.75, 3.05) is 6.54 Å². The zero-order valence-corrected chi connectivity index (χ0v) is 16.2. The number of aliphatic carboxylic acids is 1. The van der Waals surface area contributed by atoms with Gasteiger partial charge in [0.15, 0.2) is 5.56 Å². The predicted molar refractivity (Wildman–Crippen MR) is 108 cm³/mol. The molecule has 1 aromatic heterocycles. The zero-order valence-electron chi connectivity index (χ0n) is 15.4. The summed E-state index contributed by atoms with van der Waals surface area (Å²) in [5.41, 5.74) is -1.90. The number of hydrogen-bond donors (Lipinski definition) is 3. The average molecular weight is 430 g/mol. The van der Waals surface area contributed by atoms with Crippen LogP contribution >= 0.6 is 11.6 Å². The summed E-state index contributed by atoms with van der Waals surface area (Å²) in [6.07, 6.45) is 0. The van der Waals surface area contributed by atoms with Crippen molar-refractivity contribution in [3.05, 3.63) is 91.6 Å². The van der Waals surface area contributed by atoms with Crippen molar-refractivity contribution >= 4 is 23.5 Å². The Morgan fingerprint density at radius 2 is 1.63 bits per heavy atom. The number of hydrogen-bond acceptors (Lipinski definition) is 5. The molecule has 0 saturated carbocycles. The van der Waals surface area contributed by atoms with E-state index in [4.69, 9.17) is 16.7 Å². The Morgan fingerprint density at radius 3 is 2.23 bits per heavy atom. The fraction of sp³-hybridized carbons (Fsp3) is 0.100. The zero-order chi connectivity index (χ0) is 21.8. The highest BCUT2D eigenvalue weighted by atomic mass is 35.5. The molecule has 0 spiro atoms. The Hall–Kier alpha value is -3.85. The molecule has 1 amide bonds. The van der Waals surface area contributed by atoms with Gasteiger partial charge >= 0.3 is 11.7 Å². The first-order chi connectivity index (χ1) is 14.3. The number of carboxylic acids is 1. The van der Waals surface area contributed by atoms with E-state index in [1.165, 1.54) is 24.3 Å². The number of nitrogens with zero attached hydrogens (tertiary/aromatic N) is 2. The van der Waals surface area contributed by atoms with Crippen LogP contribution in [-0.2, 0) is 11.3 Å². The van der Waals surface area contributed by atoms with Gasteiger partial charge in [-0.3, -0.25) is 19.0 Å². The van der Waals surface area contributed by atoms with E-state index in [-0.39, 0.29) is 12.2 Å². The lowest BCUT2D eigenvalue weighted by atomic mass is 10.2. The molecule has 2 aromatic carbocycles. The first-order valence-electron chi connectivity index (χ1n) is 8.68. The number of benzene rings is 2. The number of amides is 1. The number of carboxylic acid groups (broad SMARTS) is 1. The summed E-state index contributed by atoms with van der Waals surface area (Å²) in [5.74, 6) is -3.36. The van der Waals surface area contributed by atoms with Gasteiger partial charge in [-0.25, -0.2) is 9.36 Å². The van der Waals surface area contributed by atoms with Gasteiger partial charge in [-0.2, -0.15) is 0 Å². The summed E-state index contributed by atoms with van der Waals surface area (Å²) >= 11 is 5.87. The molecule has 0 aliphatic carbocycles. The smallest absolute Gasteiger partial charge is 0.338 e. The lowest BCUT2D eigenvalue weighted by Gasteiger charge is -2.15. The minimum atomic E-state index is -1.33. The van der Waals surface area contributed by atoms with Gasteiger partial charge < -0.3 is 15.5 Å². The Balaban J connectivity index is 2.24. The molecular weight excluding hydrogens is 414 g/mol. The second-order valence-electron chi connectivity index (χ2n) is 6.25. The first kappa shape index (κ1) is 20.9. The SMILES string of the molecule is O=C(O)CNC(=O)c1c(O)n(-c2ccc(Cl)cc2)c(=O)n(Cc2ccccc2)c1=O. The molecule has 0 atom stereocenters. The van der Waals surface area contributed by atoms with E-state index in [1.54, 1.807) is 30.3 Å². The molecule has 3 N–H and O–H groups in total. The maximum Gasteiger partial charge on any atom is 0.338 e. The second-order valence-corrected chi connectivity index (χ2v) is 6.68. The van der Waals surface area contributed by atoms with Crippen molar-refractivity contribution in [1.82, 2.24) is 14.5 Å². The molecule has 0 bridgehead atoms. The standard InChI is InChI=1S/C20H16ClN3O6/c21-13-6-8-14(9-7-13)24-19(29)16(17(27)22-10-15(25)26)18(28)23(20(24)30)11-12-4-2-1-3-5-12/h1-9,29H,10-11H2,(H,22,27)(H,25,26). The summed E-state index contributed by atoms with van der Waals surface area (Å²) in [6.45, 7) is -0.929. The van der Waals surface area contributed by atoms with Gasteiger partial charge in [0.05, 0.1) is 12.2 Å². The molecule has 0 saturated heterocycles. The second kappa shape index (κ2) is 8.66. The Labute approximate surface area is 174 Å². The van der Waals surface area contributed by atoms with Crippen molar-refractivity contribution in [3.63, 3.8) is 0 Å². The number of carbonyl (C=O) groups is 2. The molecule has 0 radical (unpaired) electrons. The molecule has 30 heavy (non-hydrogen) atoms. The molecule has 10 heteroatoms. The van der Waals surface area contributed by atoms with Crippen LogP contribution in [0.3, 0.4) is 0 Å². The predicted octanol–water partition coefficient (Wildman–Crippen LogP) is 1.22. The van der Waals surface area contributed by atoms with Crippen molar-refractivity contribution in [2.24, 2.45) is 0 Å². The van der Waals surface area contributed by atoms with E-state index in [0.717, 1.165) is 9.13 Å². The van der Waals surface area contributed by atoms with Gasteiger partial charge in [0.25, 0.3) is 11.5 Å². The number of carbonyl (C=O) groups excluding carboxylic acids is 1. The fourth-order valence-corrected chi connectivity index (χ4v) is 2.94. The van der Waals surface area contributed by atoms with Gasteiger partial charge in [0.2, 0.25) is 5.88 Å². The monoisotopic (exact) mass is 429 g/mol. The highest BCUT2D eigenvalue weighted by Crippen LogP contribution is 2.19. The summed E-state index contributed by atoms with van der Waals surface area (Å²) < 4.78 is 1.58. The van der Waals surface area contributed by atoms with Crippen LogP contribution in [0.25, 0.3) is 5.69 Å². The van der Waals surface area contributed by atoms with Crippen LogP contribution in [0, 0.1) is 0 Å². The number of aromatic nitrogens is 2. The van der Waals surface area contributed by atoms with E-state index < -0.39 is 41.1 Å². The van der Waals surface area contributed by atoms with Crippen LogP contribution in [0.4, 0.5) is 0 Å². The van der Waals surface area contributed by atoms with Crippen LogP contribution in [0.2, 0.25) is 5.02 Å². The molecular formula is C20H16ClN3O6. The van der Waals surface area contributed by atoms with Crippen LogP contribution in [0.15, 0.2) is 64.2 Å². The summed E-state index contributed by atoms with van der Waals surface area (Å²) in [4.78, 5) is 49.2. The lowest BCUT2D eigenvalue weighted by molar-refractivity contribution is -0.135. The lowest BCUT2D eigenvalue weighted by Crippen LogP contribution is -2.44. The third-order valence-corrected chi connectivity index (χ3v) is 4.46. The first-order valence-corrected chi connectivity index (χ1v) is 9.06. The molecule has 1 heterocycles. The van der Waals surface area contributed by atoms with E-state index in [1.807, 2.05) is 5.32 Å². The maximum atomic E-state index is 13.0. The van der Waals surface area contributed by atoms with E-state index >= 15 is 0 Å². The van der Waals surface area contributed by atoms with E-state index in [2.05, 4.69) is 0 Å². The quantitative estimate of drug-likeness (QED) is 0.540. The summed E-state index contributed by atoms with van der Waals surface area (Å²) in [6, 6.07) is 14.4. The van der Waals surface area contributed by atoms with Crippen LogP contribution in [-0.4, -0.2) is 37.8 Å². The third-order valence-electron chi connectivity index (χ3n) is 4.21. The van der Waals surface area contributed by atoms with Gasteiger partial charge in [-0.05, 0) is 29.8 Å².